The fourth-order valence-corrected chi connectivity index (χ4v) is 3.09. The van der Waals surface area contributed by atoms with Crippen LogP contribution in [0.2, 0.25) is 5.02 Å². The summed E-state index contributed by atoms with van der Waals surface area (Å²) in [5.41, 5.74) is 0.313. The fourth-order valence-electron chi connectivity index (χ4n) is 1.91. The van der Waals surface area contributed by atoms with Gasteiger partial charge in [-0.15, -0.1) is 0 Å². The van der Waals surface area contributed by atoms with Crippen LogP contribution < -0.4 is 4.90 Å². The van der Waals surface area contributed by atoms with Gasteiger partial charge in [-0.25, -0.2) is 4.98 Å². The Morgan fingerprint density at radius 3 is 3.12 bits per heavy atom. The maximum atomic E-state index is 8.94. The summed E-state index contributed by atoms with van der Waals surface area (Å²) in [4.78, 5) is 6.59. The van der Waals surface area contributed by atoms with Gasteiger partial charge >= 0.3 is 0 Å². The van der Waals surface area contributed by atoms with Crippen LogP contribution in [0.4, 0.5) is 5.82 Å². The molecule has 1 atom stereocenters. The number of hydrogen-bond acceptors (Lipinski definition) is 4. The van der Waals surface area contributed by atoms with E-state index in [2.05, 4.69) is 16.8 Å². The molecule has 0 bridgehead atoms. The first-order chi connectivity index (χ1) is 8.22. The van der Waals surface area contributed by atoms with Crippen LogP contribution >= 0.6 is 23.4 Å². The summed E-state index contributed by atoms with van der Waals surface area (Å²) in [6.07, 6.45) is 1.15. The van der Waals surface area contributed by atoms with Crippen LogP contribution in [0.25, 0.3) is 0 Å². The molecule has 0 spiro atoms. The first kappa shape index (κ1) is 12.5. The van der Waals surface area contributed by atoms with Gasteiger partial charge in [0.1, 0.15) is 11.9 Å². The molecule has 1 fully saturated rings. The largest absolute Gasteiger partial charge is 0.353 e. The number of pyridine rings is 1. The zero-order valence-electron chi connectivity index (χ0n) is 9.69. The van der Waals surface area contributed by atoms with Crippen LogP contribution in [-0.2, 0) is 0 Å². The molecule has 2 rings (SSSR count). The van der Waals surface area contributed by atoms with E-state index in [1.807, 2.05) is 23.9 Å². The number of nitriles is 1. The standard InChI is InChI=1S/C12H14ClN3S/c1-9-4-6-17-7-5-16(9)12-3-2-10(13)11(8-14)15-12/h2-3,9H,4-7H2,1H3. The second-order valence-corrected chi connectivity index (χ2v) is 5.69. The molecule has 90 valence electrons. The van der Waals surface area contributed by atoms with Crippen LogP contribution in [0, 0.1) is 11.3 Å². The second-order valence-electron chi connectivity index (χ2n) is 4.06. The highest BCUT2D eigenvalue weighted by atomic mass is 35.5. The Kier molecular flexibility index (Phi) is 4.14. The molecule has 1 saturated heterocycles. The fraction of sp³-hybridized carbons (Fsp3) is 0.500. The van der Waals surface area contributed by atoms with Crippen LogP contribution in [0.3, 0.4) is 0 Å². The molecule has 1 aromatic rings. The quantitative estimate of drug-likeness (QED) is 0.784. The summed E-state index contributed by atoms with van der Waals surface area (Å²) in [6, 6.07) is 6.15. The van der Waals surface area contributed by atoms with Crippen molar-refractivity contribution < 1.29 is 0 Å². The number of anilines is 1. The summed E-state index contributed by atoms with van der Waals surface area (Å²) in [6.45, 7) is 3.18. The number of halogens is 1. The predicted molar refractivity (Wildman–Crippen MR) is 72.7 cm³/mol. The molecule has 0 radical (unpaired) electrons. The van der Waals surface area contributed by atoms with E-state index in [1.165, 1.54) is 5.75 Å². The average molecular weight is 268 g/mol. The van der Waals surface area contributed by atoms with Crippen molar-refractivity contribution in [2.45, 2.75) is 19.4 Å². The Morgan fingerprint density at radius 2 is 2.35 bits per heavy atom. The highest BCUT2D eigenvalue weighted by Crippen LogP contribution is 2.24. The monoisotopic (exact) mass is 267 g/mol. The SMILES string of the molecule is CC1CCSCCN1c1ccc(Cl)c(C#N)n1. The normalized spacial score (nSPS) is 20.8. The molecule has 0 saturated carbocycles. The van der Waals surface area contributed by atoms with Crippen molar-refractivity contribution in [3.63, 3.8) is 0 Å². The molecule has 5 heteroatoms. The number of hydrogen-bond donors (Lipinski definition) is 0. The van der Waals surface area contributed by atoms with Crippen molar-refractivity contribution in [1.29, 1.82) is 5.26 Å². The summed E-state index contributed by atoms with van der Waals surface area (Å²) < 4.78 is 0. The van der Waals surface area contributed by atoms with Gasteiger partial charge in [-0.05, 0) is 31.2 Å². The van der Waals surface area contributed by atoms with Gasteiger partial charge in [0.15, 0.2) is 5.69 Å². The molecular formula is C12H14ClN3S. The molecule has 1 aromatic heterocycles. The van der Waals surface area contributed by atoms with Crippen molar-refractivity contribution in [3.05, 3.63) is 22.8 Å². The van der Waals surface area contributed by atoms with E-state index in [-0.39, 0.29) is 0 Å². The van der Waals surface area contributed by atoms with Gasteiger partial charge < -0.3 is 4.90 Å². The molecule has 1 aliphatic heterocycles. The Morgan fingerprint density at radius 1 is 1.53 bits per heavy atom. The van der Waals surface area contributed by atoms with E-state index >= 15 is 0 Å². The lowest BCUT2D eigenvalue weighted by atomic mass is 10.2. The maximum absolute atomic E-state index is 8.94. The molecule has 0 N–H and O–H groups in total. The zero-order valence-corrected chi connectivity index (χ0v) is 11.3. The molecule has 1 unspecified atom stereocenters. The maximum Gasteiger partial charge on any atom is 0.161 e. The van der Waals surface area contributed by atoms with Gasteiger partial charge in [0.2, 0.25) is 0 Å². The number of thioether (sulfide) groups is 1. The van der Waals surface area contributed by atoms with Crippen LogP contribution in [0.15, 0.2) is 12.1 Å². The summed E-state index contributed by atoms with van der Waals surface area (Å²) in [5.74, 6) is 3.16. The molecule has 2 heterocycles. The van der Waals surface area contributed by atoms with Crippen molar-refractivity contribution in [2.24, 2.45) is 0 Å². The molecule has 1 aliphatic rings. The Bertz CT molecular complexity index is 444. The smallest absolute Gasteiger partial charge is 0.161 e. The van der Waals surface area contributed by atoms with E-state index in [1.54, 1.807) is 6.07 Å². The zero-order chi connectivity index (χ0) is 12.3. The van der Waals surface area contributed by atoms with E-state index in [9.17, 15) is 0 Å². The Balaban J connectivity index is 2.29. The van der Waals surface area contributed by atoms with Crippen LogP contribution in [0.5, 0.6) is 0 Å². The molecule has 0 aliphatic carbocycles. The average Bonchev–Trinajstić information content (AvgIpc) is 2.55. The van der Waals surface area contributed by atoms with Gasteiger partial charge in [-0.2, -0.15) is 17.0 Å². The van der Waals surface area contributed by atoms with Crippen LogP contribution in [-0.4, -0.2) is 29.1 Å². The summed E-state index contributed by atoms with van der Waals surface area (Å²) in [5, 5.41) is 9.37. The van der Waals surface area contributed by atoms with Gasteiger partial charge in [0, 0.05) is 18.3 Å². The van der Waals surface area contributed by atoms with E-state index < -0.39 is 0 Å². The van der Waals surface area contributed by atoms with Crippen molar-refractivity contribution in [3.8, 4) is 6.07 Å². The number of aromatic nitrogens is 1. The van der Waals surface area contributed by atoms with Gasteiger partial charge in [0.05, 0.1) is 5.02 Å². The minimum atomic E-state index is 0.313. The highest BCUT2D eigenvalue weighted by molar-refractivity contribution is 7.99. The van der Waals surface area contributed by atoms with Gasteiger partial charge in [0.25, 0.3) is 0 Å². The summed E-state index contributed by atoms with van der Waals surface area (Å²) in [7, 11) is 0. The number of nitrogens with zero attached hydrogens (tertiary/aromatic N) is 3. The molecular weight excluding hydrogens is 254 g/mol. The predicted octanol–water partition coefficient (Wildman–Crippen LogP) is 2.94. The van der Waals surface area contributed by atoms with E-state index in [0.717, 1.165) is 24.5 Å². The van der Waals surface area contributed by atoms with E-state index in [0.29, 0.717) is 16.8 Å². The second kappa shape index (κ2) is 5.61. The number of rotatable bonds is 1. The highest BCUT2D eigenvalue weighted by Gasteiger charge is 2.19. The minimum absolute atomic E-state index is 0.313. The van der Waals surface area contributed by atoms with E-state index in [4.69, 9.17) is 16.9 Å². The topological polar surface area (TPSA) is 39.9 Å². The third-order valence-corrected chi connectivity index (χ3v) is 4.22. The lowest BCUT2D eigenvalue weighted by molar-refractivity contribution is 0.638. The molecule has 17 heavy (non-hydrogen) atoms. The lowest BCUT2D eigenvalue weighted by Gasteiger charge is -2.28. The van der Waals surface area contributed by atoms with Gasteiger partial charge in [-0.1, -0.05) is 11.6 Å². The Hall–Kier alpha value is -0.920. The lowest BCUT2D eigenvalue weighted by Crippen LogP contribution is -2.34. The minimum Gasteiger partial charge on any atom is -0.353 e. The van der Waals surface area contributed by atoms with Crippen molar-refractivity contribution >= 4 is 29.2 Å². The first-order valence-electron chi connectivity index (χ1n) is 5.63. The third-order valence-electron chi connectivity index (χ3n) is 2.92. The first-order valence-corrected chi connectivity index (χ1v) is 7.16. The molecule has 3 nitrogen and oxygen atoms in total. The molecule has 0 aromatic carbocycles. The molecule has 0 amide bonds. The van der Waals surface area contributed by atoms with Crippen molar-refractivity contribution in [2.75, 3.05) is 23.0 Å². The Labute approximate surface area is 111 Å². The van der Waals surface area contributed by atoms with Crippen LogP contribution in [0.1, 0.15) is 19.0 Å². The summed E-state index contributed by atoms with van der Waals surface area (Å²) >= 11 is 7.87. The van der Waals surface area contributed by atoms with Gasteiger partial charge in [-0.3, -0.25) is 0 Å². The van der Waals surface area contributed by atoms with Crippen molar-refractivity contribution in [1.82, 2.24) is 4.98 Å². The third kappa shape index (κ3) is 2.85.